The summed E-state index contributed by atoms with van der Waals surface area (Å²) >= 11 is 6.13. The number of pyridine rings is 1. The lowest BCUT2D eigenvalue weighted by atomic mass is 10.2. The number of hydrogen-bond donors (Lipinski definition) is 1. The Balaban J connectivity index is 1.68. The van der Waals surface area contributed by atoms with E-state index in [1.54, 1.807) is 18.2 Å². The number of amides is 1. The minimum atomic E-state index is -0.567. The van der Waals surface area contributed by atoms with Gasteiger partial charge >= 0.3 is 5.69 Å². The van der Waals surface area contributed by atoms with Crippen LogP contribution in [0.1, 0.15) is 11.1 Å². The first kappa shape index (κ1) is 20.6. The molecule has 4 aromatic rings. The quantitative estimate of drug-likeness (QED) is 0.505. The Hall–Kier alpha value is -3.71. The number of aromatic nitrogens is 3. The van der Waals surface area contributed by atoms with Crippen molar-refractivity contribution in [3.05, 3.63) is 110 Å². The highest BCUT2D eigenvalue weighted by atomic mass is 35.5. The van der Waals surface area contributed by atoms with Crippen LogP contribution in [-0.2, 0) is 24.4 Å². The molecule has 2 heterocycles. The molecule has 2 aromatic carbocycles. The molecule has 0 saturated heterocycles. The normalized spacial score (nSPS) is 10.9. The van der Waals surface area contributed by atoms with Crippen LogP contribution in [0.25, 0.3) is 11.0 Å². The van der Waals surface area contributed by atoms with E-state index < -0.39 is 11.2 Å². The topological polar surface area (TPSA) is 86.0 Å². The van der Waals surface area contributed by atoms with Gasteiger partial charge in [-0.25, -0.2) is 9.78 Å². The molecule has 0 spiro atoms. The third-order valence-electron chi connectivity index (χ3n) is 4.91. The van der Waals surface area contributed by atoms with Crippen molar-refractivity contribution in [2.45, 2.75) is 19.6 Å². The molecule has 8 heteroatoms. The number of nitrogens with zero attached hydrogens (tertiary/aromatic N) is 3. The van der Waals surface area contributed by atoms with Gasteiger partial charge in [-0.15, -0.1) is 0 Å². The summed E-state index contributed by atoms with van der Waals surface area (Å²) in [5, 5.41) is 3.32. The van der Waals surface area contributed by atoms with Crippen molar-refractivity contribution in [1.29, 1.82) is 0 Å². The molecule has 0 radical (unpaired) electrons. The molecule has 31 heavy (non-hydrogen) atoms. The van der Waals surface area contributed by atoms with Crippen LogP contribution in [0.4, 0.5) is 0 Å². The van der Waals surface area contributed by atoms with E-state index in [2.05, 4.69) is 10.3 Å². The number of carbonyl (C=O) groups is 1. The Labute approximate surface area is 182 Å². The highest BCUT2D eigenvalue weighted by molar-refractivity contribution is 6.31. The van der Waals surface area contributed by atoms with Gasteiger partial charge in [-0.2, -0.15) is 0 Å². The molecule has 0 atom stereocenters. The van der Waals surface area contributed by atoms with E-state index in [-0.39, 0.29) is 31.1 Å². The summed E-state index contributed by atoms with van der Waals surface area (Å²) in [6, 6.07) is 19.6. The van der Waals surface area contributed by atoms with Crippen molar-refractivity contribution in [2.75, 3.05) is 0 Å². The van der Waals surface area contributed by atoms with Gasteiger partial charge in [-0.1, -0.05) is 60.1 Å². The molecule has 0 unspecified atom stereocenters. The van der Waals surface area contributed by atoms with Crippen molar-refractivity contribution in [3.8, 4) is 0 Å². The van der Waals surface area contributed by atoms with Crippen molar-refractivity contribution < 1.29 is 4.79 Å². The van der Waals surface area contributed by atoms with E-state index >= 15 is 0 Å². The van der Waals surface area contributed by atoms with E-state index in [9.17, 15) is 14.4 Å². The van der Waals surface area contributed by atoms with Crippen LogP contribution in [0, 0.1) is 0 Å². The summed E-state index contributed by atoms with van der Waals surface area (Å²) in [7, 11) is 0. The Morgan fingerprint density at radius 3 is 2.45 bits per heavy atom. The number of nitrogens with one attached hydrogen (secondary N) is 1. The Kier molecular flexibility index (Phi) is 5.95. The van der Waals surface area contributed by atoms with Gasteiger partial charge in [0.05, 0.1) is 12.1 Å². The largest absolute Gasteiger partial charge is 0.350 e. The van der Waals surface area contributed by atoms with Gasteiger partial charge in [0.2, 0.25) is 5.91 Å². The lowest BCUT2D eigenvalue weighted by Gasteiger charge is -2.14. The summed E-state index contributed by atoms with van der Waals surface area (Å²) < 4.78 is 2.38. The predicted octanol–water partition coefficient (Wildman–Crippen LogP) is 2.58. The van der Waals surface area contributed by atoms with Crippen LogP contribution in [0.15, 0.2) is 82.5 Å². The molecule has 156 valence electrons. The van der Waals surface area contributed by atoms with Gasteiger partial charge < -0.3 is 5.32 Å². The Morgan fingerprint density at radius 2 is 1.68 bits per heavy atom. The van der Waals surface area contributed by atoms with Gasteiger partial charge in [-0.3, -0.25) is 18.7 Å². The van der Waals surface area contributed by atoms with Crippen LogP contribution in [0.3, 0.4) is 0 Å². The average molecular weight is 435 g/mol. The number of fused-ring (bicyclic) bond motifs is 1. The summed E-state index contributed by atoms with van der Waals surface area (Å²) in [6.45, 7) is 0.0694. The van der Waals surface area contributed by atoms with Gasteiger partial charge in [0.1, 0.15) is 6.54 Å². The monoisotopic (exact) mass is 434 g/mol. The number of carbonyl (C=O) groups excluding carboxylic acids is 1. The van der Waals surface area contributed by atoms with E-state index in [1.807, 2.05) is 48.5 Å². The zero-order valence-corrected chi connectivity index (χ0v) is 17.2. The fourth-order valence-electron chi connectivity index (χ4n) is 3.34. The smallest absolute Gasteiger partial charge is 0.332 e. The first-order valence-corrected chi connectivity index (χ1v) is 10.0. The van der Waals surface area contributed by atoms with Crippen molar-refractivity contribution in [2.24, 2.45) is 0 Å². The molecule has 7 nitrogen and oxygen atoms in total. The standard InChI is InChI=1S/C23H19ClN4O3/c24-18-10-5-4-9-17(18)13-26-20(29)15-27-19-11-6-12-25-21(19)22(30)28(23(27)31)14-16-7-2-1-3-8-16/h1-12H,13-15H2,(H,26,29). The van der Waals surface area contributed by atoms with Crippen LogP contribution >= 0.6 is 11.6 Å². The van der Waals surface area contributed by atoms with Crippen LogP contribution < -0.4 is 16.6 Å². The molecule has 0 fully saturated rings. The fraction of sp³-hybridized carbons (Fsp3) is 0.130. The van der Waals surface area contributed by atoms with Crippen LogP contribution in [-0.4, -0.2) is 20.0 Å². The van der Waals surface area contributed by atoms with E-state index in [0.29, 0.717) is 10.5 Å². The summed E-state index contributed by atoms with van der Waals surface area (Å²) in [5.74, 6) is -0.378. The lowest BCUT2D eigenvalue weighted by Crippen LogP contribution is -2.43. The molecular formula is C23H19ClN4O3. The zero-order valence-electron chi connectivity index (χ0n) is 16.5. The van der Waals surface area contributed by atoms with E-state index in [4.69, 9.17) is 11.6 Å². The predicted molar refractivity (Wildman–Crippen MR) is 119 cm³/mol. The first-order valence-electron chi connectivity index (χ1n) is 9.67. The minimum Gasteiger partial charge on any atom is -0.350 e. The van der Waals surface area contributed by atoms with Gasteiger partial charge in [0.25, 0.3) is 5.56 Å². The SMILES string of the molecule is O=C(Cn1c(=O)n(Cc2ccccc2)c(=O)c2ncccc21)NCc1ccccc1Cl. The minimum absolute atomic E-state index is 0.0895. The molecule has 4 rings (SSSR count). The summed E-state index contributed by atoms with van der Waals surface area (Å²) in [4.78, 5) is 42.9. The Morgan fingerprint density at radius 1 is 0.935 bits per heavy atom. The van der Waals surface area contributed by atoms with Gasteiger partial charge in [0.15, 0.2) is 5.52 Å². The van der Waals surface area contributed by atoms with Gasteiger partial charge in [0, 0.05) is 17.8 Å². The van der Waals surface area contributed by atoms with Crippen molar-refractivity contribution in [3.63, 3.8) is 0 Å². The maximum atomic E-state index is 13.2. The summed E-state index contributed by atoms with van der Waals surface area (Å²) in [6.07, 6.45) is 1.49. The van der Waals surface area contributed by atoms with Crippen LogP contribution in [0.2, 0.25) is 5.02 Å². The van der Waals surface area contributed by atoms with E-state index in [0.717, 1.165) is 15.7 Å². The van der Waals surface area contributed by atoms with Crippen LogP contribution in [0.5, 0.6) is 0 Å². The highest BCUT2D eigenvalue weighted by Crippen LogP contribution is 2.14. The molecule has 1 amide bonds. The zero-order chi connectivity index (χ0) is 21.8. The third-order valence-corrected chi connectivity index (χ3v) is 5.27. The van der Waals surface area contributed by atoms with E-state index in [1.165, 1.54) is 10.8 Å². The number of halogens is 1. The fourth-order valence-corrected chi connectivity index (χ4v) is 3.54. The second-order valence-electron chi connectivity index (χ2n) is 6.98. The van der Waals surface area contributed by atoms with Crippen molar-refractivity contribution in [1.82, 2.24) is 19.4 Å². The number of hydrogen-bond acceptors (Lipinski definition) is 4. The average Bonchev–Trinajstić information content (AvgIpc) is 2.79. The number of benzene rings is 2. The molecule has 1 N–H and O–H groups in total. The molecule has 0 bridgehead atoms. The second kappa shape index (κ2) is 8.97. The maximum Gasteiger partial charge on any atom is 0.332 e. The molecule has 0 aliphatic carbocycles. The molecule has 2 aromatic heterocycles. The highest BCUT2D eigenvalue weighted by Gasteiger charge is 2.16. The first-order chi connectivity index (χ1) is 15.0. The van der Waals surface area contributed by atoms with Gasteiger partial charge in [-0.05, 0) is 29.3 Å². The lowest BCUT2D eigenvalue weighted by molar-refractivity contribution is -0.121. The molecule has 0 aliphatic heterocycles. The third kappa shape index (κ3) is 4.41. The molecular weight excluding hydrogens is 416 g/mol. The maximum absolute atomic E-state index is 13.2. The molecule has 0 aliphatic rings. The number of rotatable bonds is 6. The summed E-state index contributed by atoms with van der Waals surface area (Å²) in [5.41, 5.74) is 0.961. The second-order valence-corrected chi connectivity index (χ2v) is 7.39. The molecule has 0 saturated carbocycles. The Bertz CT molecular complexity index is 1360. The van der Waals surface area contributed by atoms with Crippen molar-refractivity contribution >= 4 is 28.5 Å².